The minimum absolute atomic E-state index is 0.857. The van der Waals surface area contributed by atoms with E-state index in [0.29, 0.717) is 0 Å². The van der Waals surface area contributed by atoms with Gasteiger partial charge in [-0.1, -0.05) is 12.1 Å². The molecule has 17 heavy (non-hydrogen) atoms. The third-order valence-electron chi connectivity index (χ3n) is 3.82. The van der Waals surface area contributed by atoms with Gasteiger partial charge in [0, 0.05) is 19.8 Å². The van der Waals surface area contributed by atoms with E-state index in [1.807, 2.05) is 0 Å². The maximum absolute atomic E-state index is 3.44. The number of aryl methyl sites for hydroxylation is 1. The molecule has 2 nitrogen and oxygen atoms in total. The number of hydrogen-bond acceptors (Lipinski definition) is 2. The van der Waals surface area contributed by atoms with E-state index >= 15 is 0 Å². The molecule has 0 unspecified atom stereocenters. The minimum Gasteiger partial charge on any atom is -0.377 e. The molecule has 1 N–H and O–H groups in total. The average molecular weight is 232 g/mol. The second-order valence-corrected chi connectivity index (χ2v) is 5.36. The highest BCUT2D eigenvalue weighted by molar-refractivity contribution is 5.55. The minimum atomic E-state index is 0.857. The highest BCUT2D eigenvalue weighted by atomic mass is 15.1. The van der Waals surface area contributed by atoms with Gasteiger partial charge in [0.25, 0.3) is 0 Å². The molecule has 0 amide bonds. The average Bonchev–Trinajstić information content (AvgIpc) is 2.33. The quantitative estimate of drug-likeness (QED) is 0.862. The van der Waals surface area contributed by atoms with E-state index in [1.54, 1.807) is 5.56 Å². The Kier molecular flexibility index (Phi) is 4.06. The highest BCUT2D eigenvalue weighted by Gasteiger charge is 2.17. The van der Waals surface area contributed by atoms with E-state index in [1.165, 1.54) is 43.6 Å². The monoisotopic (exact) mass is 232 g/mol. The van der Waals surface area contributed by atoms with Crippen molar-refractivity contribution in [3.05, 3.63) is 29.3 Å². The van der Waals surface area contributed by atoms with Gasteiger partial charge in [0.1, 0.15) is 0 Å². The smallest absolute Gasteiger partial charge is 0.0396 e. The predicted molar refractivity (Wildman–Crippen MR) is 74.8 cm³/mol. The fourth-order valence-corrected chi connectivity index (χ4v) is 2.75. The molecular weight excluding hydrogens is 208 g/mol. The lowest BCUT2D eigenvalue weighted by Crippen LogP contribution is -2.29. The van der Waals surface area contributed by atoms with Gasteiger partial charge in [-0.2, -0.15) is 0 Å². The van der Waals surface area contributed by atoms with Gasteiger partial charge in [0.2, 0.25) is 0 Å². The highest BCUT2D eigenvalue weighted by Crippen LogP contribution is 2.27. The van der Waals surface area contributed by atoms with Crippen LogP contribution >= 0.6 is 0 Å². The van der Waals surface area contributed by atoms with Gasteiger partial charge in [-0.25, -0.2) is 0 Å². The Bertz CT molecular complexity index is 365. The van der Waals surface area contributed by atoms with Crippen molar-refractivity contribution in [2.75, 3.05) is 32.1 Å². The molecule has 2 rings (SSSR count). The molecule has 0 aromatic heterocycles. The first-order chi connectivity index (χ1) is 8.18. The third kappa shape index (κ3) is 3.01. The molecule has 2 heteroatoms. The van der Waals surface area contributed by atoms with Crippen LogP contribution in [0.2, 0.25) is 0 Å². The van der Waals surface area contributed by atoms with Crippen LogP contribution < -0.4 is 10.2 Å². The Labute approximate surface area is 105 Å². The molecule has 1 aromatic carbocycles. The number of nitrogens with one attached hydrogen (secondary N) is 1. The molecule has 0 spiro atoms. The van der Waals surface area contributed by atoms with Gasteiger partial charge in [-0.3, -0.25) is 0 Å². The zero-order valence-electron chi connectivity index (χ0n) is 11.3. The third-order valence-corrected chi connectivity index (χ3v) is 3.82. The predicted octanol–water partition coefficient (Wildman–Crippen LogP) is 2.60. The lowest BCUT2D eigenvalue weighted by Gasteiger charge is -2.26. The van der Waals surface area contributed by atoms with E-state index in [0.717, 1.165) is 5.92 Å². The molecule has 0 atom stereocenters. The van der Waals surface area contributed by atoms with Crippen molar-refractivity contribution in [1.29, 1.82) is 0 Å². The Balaban J connectivity index is 2.18. The summed E-state index contributed by atoms with van der Waals surface area (Å²) in [5.74, 6) is 0.857. The van der Waals surface area contributed by atoms with Gasteiger partial charge in [-0.05, 0) is 62.4 Å². The standard InChI is InChI=1S/C15H24N2/c1-12-5-4-6-15(17(2)3)14(12)11-13-7-9-16-10-8-13/h4-6,13,16H,7-11H2,1-3H3. The Hall–Kier alpha value is -1.02. The molecule has 1 fully saturated rings. The second kappa shape index (κ2) is 5.54. The number of hydrogen-bond donors (Lipinski definition) is 1. The molecule has 0 aliphatic carbocycles. The first kappa shape index (κ1) is 12.4. The molecule has 0 radical (unpaired) electrons. The van der Waals surface area contributed by atoms with Gasteiger partial charge < -0.3 is 10.2 Å². The van der Waals surface area contributed by atoms with E-state index in [-0.39, 0.29) is 0 Å². The summed E-state index contributed by atoms with van der Waals surface area (Å²) in [6, 6.07) is 6.64. The van der Waals surface area contributed by atoms with Crippen LogP contribution in [0.15, 0.2) is 18.2 Å². The van der Waals surface area contributed by atoms with Crippen molar-refractivity contribution >= 4 is 5.69 Å². The molecule has 0 bridgehead atoms. The lowest BCUT2D eigenvalue weighted by molar-refractivity contribution is 0.372. The Morgan fingerprint density at radius 2 is 1.94 bits per heavy atom. The van der Waals surface area contributed by atoms with Crippen LogP contribution in [0.5, 0.6) is 0 Å². The van der Waals surface area contributed by atoms with Crippen molar-refractivity contribution < 1.29 is 0 Å². The molecule has 1 aromatic rings. The first-order valence-corrected chi connectivity index (χ1v) is 6.65. The maximum Gasteiger partial charge on any atom is 0.0396 e. The van der Waals surface area contributed by atoms with Crippen molar-refractivity contribution in [2.24, 2.45) is 5.92 Å². The van der Waals surface area contributed by atoms with Crippen molar-refractivity contribution in [3.63, 3.8) is 0 Å². The molecule has 1 heterocycles. The number of rotatable bonds is 3. The summed E-state index contributed by atoms with van der Waals surface area (Å²) in [5, 5.41) is 3.44. The summed E-state index contributed by atoms with van der Waals surface area (Å²) in [6.07, 6.45) is 3.88. The van der Waals surface area contributed by atoms with Gasteiger partial charge in [0.05, 0.1) is 0 Å². The number of benzene rings is 1. The van der Waals surface area contributed by atoms with Crippen molar-refractivity contribution in [3.8, 4) is 0 Å². The van der Waals surface area contributed by atoms with Crippen LogP contribution in [0, 0.1) is 12.8 Å². The molecule has 1 aliphatic rings. The zero-order chi connectivity index (χ0) is 12.3. The van der Waals surface area contributed by atoms with Crippen molar-refractivity contribution in [1.82, 2.24) is 5.32 Å². The maximum atomic E-state index is 3.44. The van der Waals surface area contributed by atoms with Crippen LogP contribution in [-0.4, -0.2) is 27.2 Å². The molecule has 94 valence electrons. The topological polar surface area (TPSA) is 15.3 Å². The second-order valence-electron chi connectivity index (χ2n) is 5.36. The normalized spacial score (nSPS) is 17.1. The van der Waals surface area contributed by atoms with E-state index in [9.17, 15) is 0 Å². The largest absolute Gasteiger partial charge is 0.377 e. The molecule has 1 aliphatic heterocycles. The number of anilines is 1. The lowest BCUT2D eigenvalue weighted by atomic mass is 9.88. The fourth-order valence-electron chi connectivity index (χ4n) is 2.75. The summed E-state index contributed by atoms with van der Waals surface area (Å²) in [6.45, 7) is 4.62. The Morgan fingerprint density at radius 3 is 2.59 bits per heavy atom. The summed E-state index contributed by atoms with van der Waals surface area (Å²) in [5.41, 5.74) is 4.38. The van der Waals surface area contributed by atoms with E-state index in [4.69, 9.17) is 0 Å². The molecular formula is C15H24N2. The molecule has 0 saturated carbocycles. The van der Waals surface area contributed by atoms with Crippen LogP contribution in [0.25, 0.3) is 0 Å². The molecule has 1 saturated heterocycles. The van der Waals surface area contributed by atoms with E-state index < -0.39 is 0 Å². The van der Waals surface area contributed by atoms with Gasteiger partial charge in [0.15, 0.2) is 0 Å². The van der Waals surface area contributed by atoms with Crippen LogP contribution in [-0.2, 0) is 6.42 Å². The van der Waals surface area contributed by atoms with Crippen molar-refractivity contribution in [2.45, 2.75) is 26.2 Å². The zero-order valence-corrected chi connectivity index (χ0v) is 11.3. The van der Waals surface area contributed by atoms with Gasteiger partial charge >= 0.3 is 0 Å². The van der Waals surface area contributed by atoms with E-state index in [2.05, 4.69) is 49.4 Å². The number of nitrogens with zero attached hydrogens (tertiary/aromatic N) is 1. The summed E-state index contributed by atoms with van der Waals surface area (Å²) in [7, 11) is 4.28. The SMILES string of the molecule is Cc1cccc(N(C)C)c1CC1CCNCC1. The van der Waals surface area contributed by atoms with Crippen LogP contribution in [0.4, 0.5) is 5.69 Å². The first-order valence-electron chi connectivity index (χ1n) is 6.65. The van der Waals surface area contributed by atoms with Crippen LogP contribution in [0.3, 0.4) is 0 Å². The number of piperidine rings is 1. The van der Waals surface area contributed by atoms with Crippen LogP contribution in [0.1, 0.15) is 24.0 Å². The summed E-state index contributed by atoms with van der Waals surface area (Å²) >= 11 is 0. The Morgan fingerprint density at radius 1 is 1.24 bits per heavy atom. The summed E-state index contributed by atoms with van der Waals surface area (Å²) < 4.78 is 0. The van der Waals surface area contributed by atoms with Gasteiger partial charge in [-0.15, -0.1) is 0 Å². The summed E-state index contributed by atoms with van der Waals surface area (Å²) in [4.78, 5) is 2.24. The fraction of sp³-hybridized carbons (Fsp3) is 0.600.